The molecule has 1 aromatic heterocycles. The second kappa shape index (κ2) is 8.36. The molecule has 0 bridgehead atoms. The van der Waals surface area contributed by atoms with Gasteiger partial charge >= 0.3 is 0 Å². The maximum atomic E-state index is 12.3. The maximum absolute atomic E-state index is 12.3. The number of anilines is 1. The van der Waals surface area contributed by atoms with Gasteiger partial charge in [-0.25, -0.2) is 9.97 Å². The van der Waals surface area contributed by atoms with Crippen LogP contribution in [-0.4, -0.2) is 47.0 Å². The minimum atomic E-state index is 0.240. The van der Waals surface area contributed by atoms with Crippen LogP contribution in [0.1, 0.15) is 70.3 Å². The largest absolute Gasteiger partial charge is 0.356 e. The van der Waals surface area contributed by atoms with Crippen molar-refractivity contribution in [3.8, 4) is 0 Å². The van der Waals surface area contributed by atoms with Crippen LogP contribution in [0, 0.1) is 12.3 Å². The number of piperidine rings is 2. The van der Waals surface area contributed by atoms with Crippen molar-refractivity contribution >= 4 is 11.7 Å². The van der Waals surface area contributed by atoms with E-state index in [0.29, 0.717) is 12.3 Å². The van der Waals surface area contributed by atoms with Gasteiger partial charge < -0.3 is 9.80 Å². The van der Waals surface area contributed by atoms with E-state index in [1.54, 1.807) is 0 Å². The first-order chi connectivity index (χ1) is 12.5. The Morgan fingerprint density at radius 1 is 1.15 bits per heavy atom. The quantitative estimate of drug-likeness (QED) is 0.777. The third kappa shape index (κ3) is 4.36. The SMILES string of the molecule is CCCCN1C[C@@]2(CCCN(c3cc(C)nc(CCC)n3)C2)CCC1=O. The van der Waals surface area contributed by atoms with E-state index in [9.17, 15) is 4.79 Å². The van der Waals surface area contributed by atoms with Gasteiger partial charge in [-0.05, 0) is 39.0 Å². The molecule has 0 aromatic carbocycles. The van der Waals surface area contributed by atoms with Gasteiger partial charge in [0.2, 0.25) is 5.91 Å². The Morgan fingerprint density at radius 2 is 2.00 bits per heavy atom. The first-order valence-corrected chi connectivity index (χ1v) is 10.4. The highest BCUT2D eigenvalue weighted by atomic mass is 16.2. The molecule has 2 saturated heterocycles. The lowest BCUT2D eigenvalue weighted by Gasteiger charge is -2.48. The van der Waals surface area contributed by atoms with Crippen LogP contribution in [0.3, 0.4) is 0 Å². The van der Waals surface area contributed by atoms with E-state index in [1.807, 2.05) is 0 Å². The van der Waals surface area contributed by atoms with Crippen LogP contribution in [-0.2, 0) is 11.2 Å². The molecule has 1 atom stereocenters. The molecule has 2 aliphatic rings. The molecule has 3 rings (SSSR count). The van der Waals surface area contributed by atoms with Crippen molar-refractivity contribution in [1.82, 2.24) is 14.9 Å². The molecule has 1 spiro atoms. The highest BCUT2D eigenvalue weighted by Crippen LogP contribution is 2.40. The van der Waals surface area contributed by atoms with E-state index >= 15 is 0 Å². The van der Waals surface area contributed by atoms with E-state index in [0.717, 1.165) is 75.6 Å². The smallest absolute Gasteiger partial charge is 0.222 e. The number of rotatable bonds is 6. The summed E-state index contributed by atoms with van der Waals surface area (Å²) in [5.74, 6) is 2.40. The molecule has 0 N–H and O–H groups in total. The van der Waals surface area contributed by atoms with Crippen LogP contribution in [0.25, 0.3) is 0 Å². The number of hydrogen-bond donors (Lipinski definition) is 0. The molecule has 0 aliphatic carbocycles. The fraction of sp³-hybridized carbons (Fsp3) is 0.762. The third-order valence-corrected chi connectivity index (χ3v) is 5.88. The van der Waals surface area contributed by atoms with Gasteiger partial charge in [-0.3, -0.25) is 4.79 Å². The number of likely N-dealkylation sites (tertiary alicyclic amines) is 1. The van der Waals surface area contributed by atoms with Crippen LogP contribution >= 0.6 is 0 Å². The average Bonchev–Trinajstić information content (AvgIpc) is 2.63. The zero-order chi connectivity index (χ0) is 18.6. The van der Waals surface area contributed by atoms with E-state index in [-0.39, 0.29) is 5.41 Å². The molecule has 1 aromatic rings. The molecule has 26 heavy (non-hydrogen) atoms. The highest BCUT2D eigenvalue weighted by Gasteiger charge is 2.41. The number of carbonyl (C=O) groups is 1. The topological polar surface area (TPSA) is 49.3 Å². The summed E-state index contributed by atoms with van der Waals surface area (Å²) in [6.45, 7) is 10.4. The summed E-state index contributed by atoms with van der Waals surface area (Å²) in [7, 11) is 0. The first kappa shape index (κ1) is 19.1. The van der Waals surface area contributed by atoms with Gasteiger partial charge in [0, 0.05) is 56.2 Å². The summed E-state index contributed by atoms with van der Waals surface area (Å²) < 4.78 is 0. The van der Waals surface area contributed by atoms with Crippen molar-refractivity contribution in [2.24, 2.45) is 5.41 Å². The molecule has 0 radical (unpaired) electrons. The molecule has 1 amide bonds. The van der Waals surface area contributed by atoms with Crippen molar-refractivity contribution in [1.29, 1.82) is 0 Å². The lowest BCUT2D eigenvalue weighted by atomic mass is 9.73. The van der Waals surface area contributed by atoms with Crippen molar-refractivity contribution in [2.45, 2.75) is 72.1 Å². The Bertz CT molecular complexity index is 632. The molecule has 2 fully saturated rings. The van der Waals surface area contributed by atoms with E-state index < -0.39 is 0 Å². The molecule has 5 heteroatoms. The first-order valence-electron chi connectivity index (χ1n) is 10.4. The van der Waals surface area contributed by atoms with Crippen LogP contribution in [0.2, 0.25) is 0 Å². The van der Waals surface area contributed by atoms with Gasteiger partial charge in [-0.2, -0.15) is 0 Å². The summed E-state index contributed by atoms with van der Waals surface area (Å²) in [4.78, 5) is 26.3. The van der Waals surface area contributed by atoms with Crippen LogP contribution in [0.5, 0.6) is 0 Å². The van der Waals surface area contributed by atoms with Crippen molar-refractivity contribution in [3.05, 3.63) is 17.6 Å². The van der Waals surface area contributed by atoms with Crippen LogP contribution in [0.15, 0.2) is 6.07 Å². The van der Waals surface area contributed by atoms with Crippen LogP contribution < -0.4 is 4.90 Å². The number of carbonyl (C=O) groups excluding carboxylic acids is 1. The fourth-order valence-corrected chi connectivity index (χ4v) is 4.50. The zero-order valence-electron chi connectivity index (χ0n) is 16.8. The van der Waals surface area contributed by atoms with Gasteiger partial charge in [0.1, 0.15) is 11.6 Å². The minimum Gasteiger partial charge on any atom is -0.356 e. The normalized spacial score (nSPS) is 23.7. The fourth-order valence-electron chi connectivity index (χ4n) is 4.50. The summed E-state index contributed by atoms with van der Waals surface area (Å²) >= 11 is 0. The number of hydrogen-bond acceptors (Lipinski definition) is 4. The molecule has 5 nitrogen and oxygen atoms in total. The third-order valence-electron chi connectivity index (χ3n) is 5.88. The predicted octanol–water partition coefficient (Wildman–Crippen LogP) is 3.75. The number of aryl methyl sites for hydroxylation is 2. The second-order valence-corrected chi connectivity index (χ2v) is 8.23. The lowest BCUT2D eigenvalue weighted by molar-refractivity contribution is -0.137. The monoisotopic (exact) mass is 358 g/mol. The number of aromatic nitrogens is 2. The standard InChI is InChI=1S/C21H34N4O/c1-4-6-12-25-16-21(11-9-20(25)26)10-7-13-24(15-21)19-14-17(3)22-18(23-19)8-5-2/h14H,4-13,15-16H2,1-3H3/t21-/m0/s1. The minimum absolute atomic E-state index is 0.240. The van der Waals surface area contributed by atoms with E-state index in [2.05, 4.69) is 41.6 Å². The Morgan fingerprint density at radius 3 is 2.77 bits per heavy atom. The summed E-state index contributed by atoms with van der Waals surface area (Å²) in [5.41, 5.74) is 1.30. The molecule has 144 valence electrons. The van der Waals surface area contributed by atoms with Crippen molar-refractivity contribution < 1.29 is 4.79 Å². The Balaban J connectivity index is 1.75. The summed E-state index contributed by atoms with van der Waals surface area (Å²) in [5, 5.41) is 0. The second-order valence-electron chi connectivity index (χ2n) is 8.23. The van der Waals surface area contributed by atoms with E-state index in [1.165, 1.54) is 12.8 Å². The summed E-state index contributed by atoms with van der Waals surface area (Å²) in [6, 6.07) is 2.13. The molecule has 3 heterocycles. The Kier molecular flexibility index (Phi) is 6.15. The highest BCUT2D eigenvalue weighted by molar-refractivity contribution is 5.77. The average molecular weight is 359 g/mol. The molecule has 2 aliphatic heterocycles. The van der Waals surface area contributed by atoms with Gasteiger partial charge in [0.25, 0.3) is 0 Å². The van der Waals surface area contributed by atoms with Crippen LogP contribution in [0.4, 0.5) is 5.82 Å². The molecular formula is C21H34N4O. The zero-order valence-corrected chi connectivity index (χ0v) is 16.8. The van der Waals surface area contributed by atoms with E-state index in [4.69, 9.17) is 4.98 Å². The lowest BCUT2D eigenvalue weighted by Crippen LogP contribution is -2.54. The van der Waals surface area contributed by atoms with Gasteiger partial charge in [-0.15, -0.1) is 0 Å². The summed E-state index contributed by atoms with van der Waals surface area (Å²) in [6.07, 6.45) is 8.40. The predicted molar refractivity (Wildman–Crippen MR) is 105 cm³/mol. The Hall–Kier alpha value is -1.65. The number of unbranched alkanes of at least 4 members (excludes halogenated alkanes) is 1. The molecule has 0 unspecified atom stereocenters. The Labute approximate surface area is 158 Å². The number of amides is 1. The van der Waals surface area contributed by atoms with Crippen molar-refractivity contribution in [3.63, 3.8) is 0 Å². The molecular weight excluding hydrogens is 324 g/mol. The van der Waals surface area contributed by atoms with Gasteiger partial charge in [0.05, 0.1) is 0 Å². The van der Waals surface area contributed by atoms with Crippen molar-refractivity contribution in [2.75, 3.05) is 31.1 Å². The number of nitrogens with zero attached hydrogens (tertiary/aromatic N) is 4. The maximum Gasteiger partial charge on any atom is 0.222 e. The molecule has 0 saturated carbocycles. The van der Waals surface area contributed by atoms with Gasteiger partial charge in [-0.1, -0.05) is 20.3 Å². The van der Waals surface area contributed by atoms with Gasteiger partial charge in [0.15, 0.2) is 0 Å².